The van der Waals surface area contributed by atoms with Crippen molar-refractivity contribution in [3.63, 3.8) is 0 Å². The summed E-state index contributed by atoms with van der Waals surface area (Å²) in [5.41, 5.74) is 0. The third kappa shape index (κ3) is 3.51. The van der Waals surface area contributed by atoms with Crippen LogP contribution in [0.1, 0.15) is 46.5 Å². The van der Waals surface area contributed by atoms with Crippen LogP contribution in [0.4, 0.5) is 0 Å². The Morgan fingerprint density at radius 2 is 2.00 bits per heavy atom. The van der Waals surface area contributed by atoms with Crippen molar-refractivity contribution < 1.29 is 4.79 Å². The van der Waals surface area contributed by atoms with Crippen molar-refractivity contribution in [1.82, 2.24) is 4.90 Å². The number of hydrogen-bond donors (Lipinski definition) is 0. The Morgan fingerprint density at radius 1 is 1.40 bits per heavy atom. The third-order valence-corrected chi connectivity index (χ3v) is 3.37. The second kappa shape index (κ2) is 6.14. The van der Waals surface area contributed by atoms with Gasteiger partial charge in [0, 0.05) is 19.0 Å². The van der Waals surface area contributed by atoms with Gasteiger partial charge in [-0.05, 0) is 31.6 Å². The highest BCUT2D eigenvalue weighted by Gasteiger charge is 2.25. The van der Waals surface area contributed by atoms with Crippen LogP contribution in [0.3, 0.4) is 0 Å². The van der Waals surface area contributed by atoms with E-state index in [1.807, 2.05) is 0 Å². The van der Waals surface area contributed by atoms with Gasteiger partial charge in [0.1, 0.15) is 0 Å². The Hall–Kier alpha value is -0.530. The summed E-state index contributed by atoms with van der Waals surface area (Å²) in [6.07, 6.45) is 6.44. The van der Waals surface area contributed by atoms with Gasteiger partial charge in [-0.3, -0.25) is 4.79 Å². The number of rotatable bonds is 4. The maximum atomic E-state index is 12.1. The average Bonchev–Trinajstić information content (AvgIpc) is 2.26. The number of piperidine rings is 1. The molecule has 0 aromatic heterocycles. The number of amides is 1. The van der Waals surface area contributed by atoms with Gasteiger partial charge in [0.2, 0.25) is 5.91 Å². The predicted molar refractivity (Wildman–Crippen MR) is 63.4 cm³/mol. The lowest BCUT2D eigenvalue weighted by Crippen LogP contribution is -2.41. The first-order valence-corrected chi connectivity index (χ1v) is 6.31. The van der Waals surface area contributed by atoms with E-state index in [0.717, 1.165) is 31.8 Å². The van der Waals surface area contributed by atoms with E-state index in [1.165, 1.54) is 12.8 Å². The van der Waals surface area contributed by atoms with Gasteiger partial charge in [0.25, 0.3) is 0 Å². The molecule has 1 saturated heterocycles. The van der Waals surface area contributed by atoms with Gasteiger partial charge >= 0.3 is 0 Å². The molecule has 0 N–H and O–H groups in total. The normalized spacial score (nSPS) is 20.3. The minimum Gasteiger partial charge on any atom is -0.342 e. The Balaban J connectivity index is 2.44. The molecule has 0 aromatic rings. The lowest BCUT2D eigenvalue weighted by atomic mass is 9.95. The predicted octanol–water partition coefficient (Wildman–Crippen LogP) is 2.89. The van der Waals surface area contributed by atoms with Crippen LogP contribution >= 0.6 is 0 Å². The number of carbonyl (C=O) groups excluding carboxylic acids is 1. The molecule has 1 heterocycles. The third-order valence-electron chi connectivity index (χ3n) is 3.37. The molecule has 2 heteroatoms. The minimum atomic E-state index is 0.156. The molecule has 1 unspecified atom stereocenters. The molecular formula is C13H24NO. The average molecular weight is 210 g/mol. The molecular weight excluding hydrogens is 186 g/mol. The van der Waals surface area contributed by atoms with Gasteiger partial charge in [-0.25, -0.2) is 0 Å². The van der Waals surface area contributed by atoms with E-state index in [9.17, 15) is 4.79 Å². The SMILES string of the molecule is CC[CH]C(CC)C(=O)N1CCC(C)CC1. The zero-order valence-electron chi connectivity index (χ0n) is 10.3. The summed E-state index contributed by atoms with van der Waals surface area (Å²) < 4.78 is 0. The monoisotopic (exact) mass is 210 g/mol. The molecule has 15 heavy (non-hydrogen) atoms. The van der Waals surface area contributed by atoms with E-state index in [1.54, 1.807) is 0 Å². The maximum absolute atomic E-state index is 12.1. The molecule has 87 valence electrons. The zero-order chi connectivity index (χ0) is 11.3. The van der Waals surface area contributed by atoms with E-state index >= 15 is 0 Å². The fourth-order valence-electron chi connectivity index (χ4n) is 2.19. The Bertz CT molecular complexity index is 195. The summed E-state index contributed by atoms with van der Waals surface area (Å²) >= 11 is 0. The molecule has 1 fully saturated rings. The van der Waals surface area contributed by atoms with Crippen LogP contribution in [0, 0.1) is 18.3 Å². The van der Waals surface area contributed by atoms with Gasteiger partial charge in [-0.2, -0.15) is 0 Å². The summed E-state index contributed by atoms with van der Waals surface area (Å²) in [5, 5.41) is 0. The highest BCUT2D eigenvalue weighted by molar-refractivity contribution is 5.80. The fourth-order valence-corrected chi connectivity index (χ4v) is 2.19. The van der Waals surface area contributed by atoms with E-state index < -0.39 is 0 Å². The number of nitrogens with zero attached hydrogens (tertiary/aromatic N) is 1. The van der Waals surface area contributed by atoms with Gasteiger partial charge in [-0.15, -0.1) is 0 Å². The Kier molecular flexibility index (Phi) is 5.13. The molecule has 0 aliphatic carbocycles. The standard InChI is InChI=1S/C13H24NO/c1-4-6-12(5-2)13(15)14-9-7-11(3)8-10-14/h6,11-12H,4-5,7-10H2,1-3H3. The summed E-state index contributed by atoms with van der Waals surface area (Å²) in [4.78, 5) is 14.2. The van der Waals surface area contributed by atoms with Gasteiger partial charge in [0.05, 0.1) is 0 Å². The van der Waals surface area contributed by atoms with E-state index in [-0.39, 0.29) is 5.92 Å². The maximum Gasteiger partial charge on any atom is 0.225 e. The molecule has 1 rings (SSSR count). The van der Waals surface area contributed by atoms with Gasteiger partial charge in [0.15, 0.2) is 0 Å². The van der Waals surface area contributed by atoms with Crippen molar-refractivity contribution in [2.24, 2.45) is 11.8 Å². The lowest BCUT2D eigenvalue weighted by Gasteiger charge is -2.32. The largest absolute Gasteiger partial charge is 0.342 e. The molecule has 0 aromatic carbocycles. The molecule has 1 atom stereocenters. The smallest absolute Gasteiger partial charge is 0.225 e. The molecule has 0 saturated carbocycles. The zero-order valence-corrected chi connectivity index (χ0v) is 10.3. The second-order valence-corrected chi connectivity index (χ2v) is 4.67. The van der Waals surface area contributed by atoms with Gasteiger partial charge < -0.3 is 4.90 Å². The van der Waals surface area contributed by atoms with Crippen molar-refractivity contribution in [3.8, 4) is 0 Å². The van der Waals surface area contributed by atoms with E-state index in [0.29, 0.717) is 5.91 Å². The minimum absolute atomic E-state index is 0.156. The molecule has 1 radical (unpaired) electrons. The molecule has 1 amide bonds. The van der Waals surface area contributed by atoms with Crippen LogP contribution < -0.4 is 0 Å². The molecule has 1 aliphatic heterocycles. The number of carbonyl (C=O) groups is 1. The molecule has 2 nitrogen and oxygen atoms in total. The first-order valence-electron chi connectivity index (χ1n) is 6.31. The summed E-state index contributed by atoms with van der Waals surface area (Å²) in [7, 11) is 0. The van der Waals surface area contributed by atoms with E-state index in [4.69, 9.17) is 0 Å². The summed E-state index contributed by atoms with van der Waals surface area (Å²) in [5.74, 6) is 1.30. The molecule has 0 spiro atoms. The topological polar surface area (TPSA) is 20.3 Å². The van der Waals surface area contributed by atoms with Crippen molar-refractivity contribution in [2.45, 2.75) is 46.5 Å². The highest BCUT2D eigenvalue weighted by atomic mass is 16.2. The van der Waals surface area contributed by atoms with E-state index in [2.05, 4.69) is 32.1 Å². The van der Waals surface area contributed by atoms with Crippen molar-refractivity contribution in [2.75, 3.05) is 13.1 Å². The van der Waals surface area contributed by atoms with Crippen LogP contribution in [0.5, 0.6) is 0 Å². The molecule has 1 aliphatic rings. The summed E-state index contributed by atoms with van der Waals surface area (Å²) in [6, 6.07) is 0. The first kappa shape index (κ1) is 12.5. The Labute approximate surface area is 94.0 Å². The van der Waals surface area contributed by atoms with Crippen LogP contribution in [-0.4, -0.2) is 23.9 Å². The number of hydrogen-bond acceptors (Lipinski definition) is 1. The van der Waals surface area contributed by atoms with Crippen LogP contribution in [-0.2, 0) is 4.79 Å². The van der Waals surface area contributed by atoms with Crippen molar-refractivity contribution in [3.05, 3.63) is 6.42 Å². The van der Waals surface area contributed by atoms with Gasteiger partial charge in [-0.1, -0.05) is 27.2 Å². The van der Waals surface area contributed by atoms with Crippen molar-refractivity contribution >= 4 is 5.91 Å². The lowest BCUT2D eigenvalue weighted by molar-refractivity contribution is -0.135. The fraction of sp³-hybridized carbons (Fsp3) is 0.846. The van der Waals surface area contributed by atoms with Crippen LogP contribution in [0.2, 0.25) is 0 Å². The highest BCUT2D eigenvalue weighted by Crippen LogP contribution is 2.20. The van der Waals surface area contributed by atoms with Crippen molar-refractivity contribution in [1.29, 1.82) is 0 Å². The Morgan fingerprint density at radius 3 is 2.47 bits per heavy atom. The van der Waals surface area contributed by atoms with Crippen LogP contribution in [0.25, 0.3) is 0 Å². The van der Waals surface area contributed by atoms with Crippen LogP contribution in [0.15, 0.2) is 0 Å². The first-order chi connectivity index (χ1) is 7.19. The second-order valence-electron chi connectivity index (χ2n) is 4.67. The molecule has 0 bridgehead atoms. The number of likely N-dealkylation sites (tertiary alicyclic amines) is 1. The summed E-state index contributed by atoms with van der Waals surface area (Å²) in [6.45, 7) is 8.41. The quantitative estimate of drug-likeness (QED) is 0.698.